The van der Waals surface area contributed by atoms with E-state index in [2.05, 4.69) is 28.0 Å². The highest BCUT2D eigenvalue weighted by Crippen LogP contribution is 2.24. The summed E-state index contributed by atoms with van der Waals surface area (Å²) < 4.78 is 6.19. The largest absolute Gasteiger partial charge is 0.495 e. The summed E-state index contributed by atoms with van der Waals surface area (Å²) in [5.74, 6) is 6.01. The predicted octanol–water partition coefficient (Wildman–Crippen LogP) is 1.59. The van der Waals surface area contributed by atoms with E-state index in [0.717, 1.165) is 15.0 Å². The maximum absolute atomic E-state index is 5.24. The molecule has 1 rings (SSSR count). The monoisotopic (exact) mass is 264 g/mol. The van der Waals surface area contributed by atoms with Crippen molar-refractivity contribution >= 4 is 28.3 Å². The highest BCUT2D eigenvalue weighted by atomic mass is 127. The van der Waals surface area contributed by atoms with Gasteiger partial charge in [0.1, 0.15) is 5.75 Å². The van der Waals surface area contributed by atoms with Gasteiger partial charge in [0.25, 0.3) is 0 Å². The molecule has 0 radical (unpaired) electrons. The Morgan fingerprint density at radius 2 is 2.27 bits per heavy atom. The van der Waals surface area contributed by atoms with Crippen LogP contribution in [0.1, 0.15) is 0 Å². The molecule has 3 nitrogen and oxygen atoms in total. The van der Waals surface area contributed by atoms with Crippen LogP contribution in [0, 0.1) is 3.57 Å². The number of benzene rings is 1. The van der Waals surface area contributed by atoms with Crippen LogP contribution in [0.15, 0.2) is 18.2 Å². The molecule has 0 aliphatic heterocycles. The minimum absolute atomic E-state index is 0.763. The Morgan fingerprint density at radius 3 is 2.82 bits per heavy atom. The van der Waals surface area contributed by atoms with Gasteiger partial charge in [0, 0.05) is 3.57 Å². The molecule has 0 aromatic heterocycles. The quantitative estimate of drug-likeness (QED) is 0.484. The summed E-state index contributed by atoms with van der Waals surface area (Å²) in [6, 6.07) is 5.74. The SMILES string of the molecule is COc1cc(I)ccc1NN. The van der Waals surface area contributed by atoms with Crippen LogP contribution in [0.4, 0.5) is 5.69 Å². The first kappa shape index (κ1) is 8.61. The van der Waals surface area contributed by atoms with Crippen molar-refractivity contribution in [3.63, 3.8) is 0 Å². The minimum Gasteiger partial charge on any atom is -0.495 e. The first-order chi connectivity index (χ1) is 5.27. The smallest absolute Gasteiger partial charge is 0.144 e. The predicted molar refractivity (Wildman–Crippen MR) is 53.5 cm³/mol. The van der Waals surface area contributed by atoms with E-state index in [0.29, 0.717) is 0 Å². The van der Waals surface area contributed by atoms with Crippen LogP contribution in [0.5, 0.6) is 5.75 Å². The number of nitrogens with one attached hydrogen (secondary N) is 1. The molecule has 0 fully saturated rings. The lowest BCUT2D eigenvalue weighted by molar-refractivity contribution is 0.416. The normalized spacial score (nSPS) is 9.36. The van der Waals surface area contributed by atoms with Gasteiger partial charge >= 0.3 is 0 Å². The van der Waals surface area contributed by atoms with Crippen LogP contribution in [-0.4, -0.2) is 7.11 Å². The van der Waals surface area contributed by atoms with Gasteiger partial charge in [0.15, 0.2) is 0 Å². The van der Waals surface area contributed by atoms with E-state index in [1.54, 1.807) is 7.11 Å². The molecule has 4 heteroatoms. The molecule has 0 atom stereocenters. The molecule has 11 heavy (non-hydrogen) atoms. The lowest BCUT2D eigenvalue weighted by Gasteiger charge is -2.06. The topological polar surface area (TPSA) is 47.3 Å². The second-order valence-corrected chi connectivity index (χ2v) is 3.23. The molecule has 0 bridgehead atoms. The van der Waals surface area contributed by atoms with Crippen LogP contribution in [0.3, 0.4) is 0 Å². The van der Waals surface area contributed by atoms with Crippen molar-refractivity contribution in [1.29, 1.82) is 0 Å². The molecule has 3 N–H and O–H groups in total. The molecule has 0 saturated heterocycles. The van der Waals surface area contributed by atoms with Crippen molar-refractivity contribution in [3.05, 3.63) is 21.8 Å². The van der Waals surface area contributed by atoms with E-state index in [1.165, 1.54) is 0 Å². The number of nitrogen functional groups attached to an aromatic ring is 1. The molecular weight excluding hydrogens is 255 g/mol. The van der Waals surface area contributed by atoms with E-state index >= 15 is 0 Å². The summed E-state index contributed by atoms with van der Waals surface area (Å²) >= 11 is 2.21. The van der Waals surface area contributed by atoms with Gasteiger partial charge in [0.2, 0.25) is 0 Å². The highest BCUT2D eigenvalue weighted by Gasteiger charge is 1.99. The second kappa shape index (κ2) is 3.77. The van der Waals surface area contributed by atoms with Gasteiger partial charge in [-0.2, -0.15) is 0 Å². The fourth-order valence-electron chi connectivity index (χ4n) is 0.784. The van der Waals surface area contributed by atoms with E-state index in [4.69, 9.17) is 10.6 Å². The van der Waals surface area contributed by atoms with Gasteiger partial charge in [-0.15, -0.1) is 0 Å². The van der Waals surface area contributed by atoms with E-state index in [-0.39, 0.29) is 0 Å². The first-order valence-corrected chi connectivity index (χ1v) is 4.16. The zero-order valence-electron chi connectivity index (χ0n) is 6.10. The zero-order chi connectivity index (χ0) is 8.27. The van der Waals surface area contributed by atoms with Crippen molar-refractivity contribution in [2.45, 2.75) is 0 Å². The average molecular weight is 264 g/mol. The molecule has 0 amide bonds. The number of hydrazine groups is 1. The number of halogens is 1. The molecule has 0 aliphatic carbocycles. The Bertz CT molecular complexity index is 252. The van der Waals surface area contributed by atoms with Crippen molar-refractivity contribution in [1.82, 2.24) is 0 Å². The molecule has 0 heterocycles. The highest BCUT2D eigenvalue weighted by molar-refractivity contribution is 14.1. The average Bonchev–Trinajstić information content (AvgIpc) is 2.04. The molecule has 0 spiro atoms. The number of hydrogen-bond acceptors (Lipinski definition) is 3. The third-order valence-electron chi connectivity index (χ3n) is 1.32. The number of anilines is 1. The number of methoxy groups -OCH3 is 1. The summed E-state index contributed by atoms with van der Waals surface area (Å²) in [7, 11) is 1.62. The van der Waals surface area contributed by atoms with Crippen molar-refractivity contribution in [2.75, 3.05) is 12.5 Å². The fraction of sp³-hybridized carbons (Fsp3) is 0.143. The summed E-state index contributed by atoms with van der Waals surface area (Å²) in [6.45, 7) is 0. The summed E-state index contributed by atoms with van der Waals surface area (Å²) in [4.78, 5) is 0. The number of nitrogens with two attached hydrogens (primary N) is 1. The van der Waals surface area contributed by atoms with Gasteiger partial charge in [-0.05, 0) is 40.8 Å². The van der Waals surface area contributed by atoms with Gasteiger partial charge in [0.05, 0.1) is 12.8 Å². The summed E-state index contributed by atoms with van der Waals surface area (Å²) in [5.41, 5.74) is 3.34. The first-order valence-electron chi connectivity index (χ1n) is 3.08. The van der Waals surface area contributed by atoms with Crippen LogP contribution >= 0.6 is 22.6 Å². The third-order valence-corrected chi connectivity index (χ3v) is 1.99. The van der Waals surface area contributed by atoms with Crippen molar-refractivity contribution in [3.8, 4) is 5.75 Å². The van der Waals surface area contributed by atoms with E-state index in [9.17, 15) is 0 Å². The molecule has 0 aliphatic rings. The maximum atomic E-state index is 5.24. The Kier molecular flexibility index (Phi) is 2.95. The fourth-order valence-corrected chi connectivity index (χ4v) is 1.25. The Labute approximate surface area is 79.0 Å². The van der Waals surface area contributed by atoms with Crippen LogP contribution in [0.25, 0.3) is 0 Å². The third kappa shape index (κ3) is 1.97. The molecular formula is C7H9IN2O. The maximum Gasteiger partial charge on any atom is 0.144 e. The summed E-state index contributed by atoms with van der Waals surface area (Å²) in [6.07, 6.45) is 0. The van der Waals surface area contributed by atoms with E-state index < -0.39 is 0 Å². The lowest BCUT2D eigenvalue weighted by Crippen LogP contribution is -2.07. The van der Waals surface area contributed by atoms with Crippen molar-refractivity contribution in [2.24, 2.45) is 5.84 Å². The van der Waals surface area contributed by atoms with Gasteiger partial charge in [-0.1, -0.05) is 0 Å². The molecule has 60 valence electrons. The molecule has 0 unspecified atom stereocenters. The Morgan fingerprint density at radius 1 is 1.55 bits per heavy atom. The van der Waals surface area contributed by atoms with Gasteiger partial charge in [-0.3, -0.25) is 5.84 Å². The minimum atomic E-state index is 0.763. The summed E-state index contributed by atoms with van der Waals surface area (Å²) in [5, 5.41) is 0. The molecule has 1 aromatic rings. The Balaban J connectivity index is 3.06. The van der Waals surface area contributed by atoms with E-state index in [1.807, 2.05) is 18.2 Å². The molecule has 0 saturated carbocycles. The van der Waals surface area contributed by atoms with Gasteiger partial charge in [-0.25, -0.2) is 0 Å². The number of hydrogen-bond donors (Lipinski definition) is 2. The van der Waals surface area contributed by atoms with Gasteiger partial charge < -0.3 is 10.2 Å². The van der Waals surface area contributed by atoms with Crippen LogP contribution < -0.4 is 16.0 Å². The molecule has 1 aromatic carbocycles. The second-order valence-electron chi connectivity index (χ2n) is 1.99. The number of rotatable bonds is 2. The Hall–Kier alpha value is -0.490. The number of ether oxygens (including phenoxy) is 1. The van der Waals surface area contributed by atoms with Crippen LogP contribution in [-0.2, 0) is 0 Å². The zero-order valence-corrected chi connectivity index (χ0v) is 8.25. The van der Waals surface area contributed by atoms with Crippen molar-refractivity contribution < 1.29 is 4.74 Å². The standard InChI is InChI=1S/C7H9IN2O/c1-11-7-4-5(8)2-3-6(7)10-9/h2-4,10H,9H2,1H3. The lowest BCUT2D eigenvalue weighted by atomic mass is 10.3. The van der Waals surface area contributed by atoms with Crippen LogP contribution in [0.2, 0.25) is 0 Å².